The fourth-order valence-corrected chi connectivity index (χ4v) is 3.11. The van der Waals surface area contributed by atoms with Crippen molar-refractivity contribution in [1.82, 2.24) is 5.32 Å². The molecular formula is C20H22ClNO4. The fourth-order valence-electron chi connectivity index (χ4n) is 2.74. The van der Waals surface area contributed by atoms with Gasteiger partial charge in [-0.15, -0.1) is 0 Å². The number of carboxylic acids is 1. The molecular weight excluding hydrogens is 354 g/mol. The molecule has 0 radical (unpaired) electrons. The summed E-state index contributed by atoms with van der Waals surface area (Å²) in [6.07, 6.45) is 0. The number of rotatable bonds is 7. The Labute approximate surface area is 157 Å². The van der Waals surface area contributed by atoms with Crippen LogP contribution >= 0.6 is 11.6 Å². The fraction of sp³-hybridized carbons (Fsp3) is 0.300. The van der Waals surface area contributed by atoms with Crippen molar-refractivity contribution in [1.29, 1.82) is 0 Å². The molecule has 0 fully saturated rings. The first-order chi connectivity index (χ1) is 12.3. The summed E-state index contributed by atoms with van der Waals surface area (Å²) in [4.78, 5) is 23.9. The number of carbonyl (C=O) groups is 2. The zero-order valence-corrected chi connectivity index (χ0v) is 15.7. The first kappa shape index (κ1) is 19.9. The van der Waals surface area contributed by atoms with E-state index in [1.807, 2.05) is 36.4 Å². The number of nitrogens with one attached hydrogen (secondary N) is 1. The standard InChI is InChI=1S/C20H22ClNO4/c1-4-26-18(23)13(2)22-20(3,19(24)25)16-11-10-15(12-17(16)21)14-8-6-5-7-9-14/h5-13,22H,4H2,1-3H3,(H,24,25). The molecule has 2 N–H and O–H groups in total. The second-order valence-corrected chi connectivity index (χ2v) is 6.52. The SMILES string of the molecule is CCOC(=O)C(C)NC(C)(C(=O)O)c1ccc(-c2ccccc2)cc1Cl. The molecule has 6 heteroatoms. The highest BCUT2D eigenvalue weighted by Crippen LogP contribution is 2.33. The number of hydrogen-bond acceptors (Lipinski definition) is 4. The Bertz CT molecular complexity index is 794. The quantitative estimate of drug-likeness (QED) is 0.719. The number of carbonyl (C=O) groups excluding carboxylic acids is 1. The smallest absolute Gasteiger partial charge is 0.328 e. The molecule has 0 aromatic heterocycles. The summed E-state index contributed by atoms with van der Waals surface area (Å²) in [7, 11) is 0. The van der Waals surface area contributed by atoms with Crippen molar-refractivity contribution in [2.75, 3.05) is 6.61 Å². The summed E-state index contributed by atoms with van der Waals surface area (Å²) < 4.78 is 4.94. The van der Waals surface area contributed by atoms with Gasteiger partial charge < -0.3 is 9.84 Å². The number of hydrogen-bond donors (Lipinski definition) is 2. The maximum Gasteiger partial charge on any atom is 0.328 e. The first-order valence-electron chi connectivity index (χ1n) is 8.32. The molecule has 2 aromatic carbocycles. The topological polar surface area (TPSA) is 75.6 Å². The molecule has 5 nitrogen and oxygen atoms in total. The molecule has 0 spiro atoms. The van der Waals surface area contributed by atoms with E-state index < -0.39 is 23.5 Å². The van der Waals surface area contributed by atoms with Gasteiger partial charge in [-0.2, -0.15) is 0 Å². The van der Waals surface area contributed by atoms with Crippen LogP contribution in [-0.4, -0.2) is 29.7 Å². The van der Waals surface area contributed by atoms with Gasteiger partial charge >= 0.3 is 11.9 Å². The molecule has 2 rings (SSSR count). The lowest BCUT2D eigenvalue weighted by Crippen LogP contribution is -2.53. The summed E-state index contributed by atoms with van der Waals surface area (Å²) in [6, 6.07) is 14.1. The molecule has 0 heterocycles. The second-order valence-electron chi connectivity index (χ2n) is 6.11. The van der Waals surface area contributed by atoms with Crippen LogP contribution in [0.25, 0.3) is 11.1 Å². The maximum absolute atomic E-state index is 12.0. The lowest BCUT2D eigenvalue weighted by molar-refractivity contribution is -0.149. The highest BCUT2D eigenvalue weighted by molar-refractivity contribution is 6.32. The van der Waals surface area contributed by atoms with Crippen molar-refractivity contribution in [3.63, 3.8) is 0 Å². The van der Waals surface area contributed by atoms with Crippen LogP contribution in [-0.2, 0) is 19.9 Å². The molecule has 0 saturated heterocycles. The van der Waals surface area contributed by atoms with Gasteiger partial charge in [0.05, 0.1) is 6.61 Å². The van der Waals surface area contributed by atoms with E-state index in [2.05, 4.69) is 5.32 Å². The molecule has 2 aromatic rings. The van der Waals surface area contributed by atoms with E-state index in [0.717, 1.165) is 11.1 Å². The second kappa shape index (κ2) is 8.34. The normalized spacial score (nSPS) is 14.3. The lowest BCUT2D eigenvalue weighted by Gasteiger charge is -2.30. The molecule has 2 atom stereocenters. The van der Waals surface area contributed by atoms with Gasteiger partial charge in [0.1, 0.15) is 11.6 Å². The van der Waals surface area contributed by atoms with E-state index in [1.54, 1.807) is 26.0 Å². The number of ether oxygens (including phenoxy) is 1. The maximum atomic E-state index is 12.0. The molecule has 0 aliphatic heterocycles. The highest BCUT2D eigenvalue weighted by Gasteiger charge is 2.39. The van der Waals surface area contributed by atoms with Crippen molar-refractivity contribution in [2.24, 2.45) is 0 Å². The van der Waals surface area contributed by atoms with Gasteiger partial charge in [-0.25, -0.2) is 4.79 Å². The predicted octanol–water partition coefficient (Wildman–Crippen LogP) is 3.85. The van der Waals surface area contributed by atoms with Crippen LogP contribution in [0.5, 0.6) is 0 Å². The average Bonchev–Trinajstić information content (AvgIpc) is 2.62. The summed E-state index contributed by atoms with van der Waals surface area (Å²) >= 11 is 6.41. The molecule has 0 aliphatic carbocycles. The minimum atomic E-state index is -1.54. The molecule has 0 amide bonds. The third-order valence-electron chi connectivity index (χ3n) is 4.19. The van der Waals surface area contributed by atoms with Crippen LogP contribution in [0.3, 0.4) is 0 Å². The van der Waals surface area contributed by atoms with E-state index >= 15 is 0 Å². The third-order valence-corrected chi connectivity index (χ3v) is 4.50. The van der Waals surface area contributed by atoms with E-state index in [1.165, 1.54) is 6.92 Å². The van der Waals surface area contributed by atoms with Crippen LogP contribution in [0.2, 0.25) is 5.02 Å². The van der Waals surface area contributed by atoms with Crippen LogP contribution in [0.1, 0.15) is 26.3 Å². The zero-order chi connectivity index (χ0) is 19.3. The number of esters is 1. The minimum Gasteiger partial charge on any atom is -0.480 e. The van der Waals surface area contributed by atoms with Crippen molar-refractivity contribution in [2.45, 2.75) is 32.4 Å². The van der Waals surface area contributed by atoms with Crippen LogP contribution in [0, 0.1) is 0 Å². The van der Waals surface area contributed by atoms with Gasteiger partial charge in [-0.1, -0.05) is 54.1 Å². The first-order valence-corrected chi connectivity index (χ1v) is 8.70. The Morgan fingerprint density at radius 1 is 1.19 bits per heavy atom. The third kappa shape index (κ3) is 4.23. The van der Waals surface area contributed by atoms with Crippen LogP contribution < -0.4 is 5.32 Å². The average molecular weight is 376 g/mol. The summed E-state index contributed by atoms with van der Waals surface area (Å²) in [5.41, 5.74) is 0.692. The lowest BCUT2D eigenvalue weighted by atomic mass is 9.89. The molecule has 0 aliphatic rings. The number of halogens is 1. The number of carboxylic acid groups (broad SMARTS) is 1. The molecule has 0 bridgehead atoms. The Hall–Kier alpha value is -2.37. The molecule has 138 valence electrons. The Balaban J connectivity index is 2.38. The van der Waals surface area contributed by atoms with Crippen LogP contribution in [0.4, 0.5) is 0 Å². The predicted molar refractivity (Wildman–Crippen MR) is 101 cm³/mol. The van der Waals surface area contributed by atoms with E-state index in [4.69, 9.17) is 16.3 Å². The molecule has 0 saturated carbocycles. The van der Waals surface area contributed by atoms with Crippen molar-refractivity contribution in [3.05, 3.63) is 59.1 Å². The van der Waals surface area contributed by atoms with Crippen molar-refractivity contribution >= 4 is 23.5 Å². The Kier molecular flexibility index (Phi) is 6.40. The van der Waals surface area contributed by atoms with Gasteiger partial charge in [0, 0.05) is 10.6 Å². The van der Waals surface area contributed by atoms with Gasteiger partial charge in [0.2, 0.25) is 0 Å². The Morgan fingerprint density at radius 2 is 1.85 bits per heavy atom. The largest absolute Gasteiger partial charge is 0.480 e. The summed E-state index contributed by atoms with van der Waals surface area (Å²) in [5, 5.41) is 12.9. The summed E-state index contributed by atoms with van der Waals surface area (Å²) in [5.74, 6) is -1.65. The van der Waals surface area contributed by atoms with E-state index in [-0.39, 0.29) is 6.61 Å². The van der Waals surface area contributed by atoms with E-state index in [9.17, 15) is 14.7 Å². The molecule has 26 heavy (non-hydrogen) atoms. The highest BCUT2D eigenvalue weighted by atomic mass is 35.5. The van der Waals surface area contributed by atoms with E-state index in [0.29, 0.717) is 10.6 Å². The van der Waals surface area contributed by atoms with Gasteiger partial charge in [-0.3, -0.25) is 10.1 Å². The minimum absolute atomic E-state index is 0.223. The van der Waals surface area contributed by atoms with Crippen molar-refractivity contribution < 1.29 is 19.4 Å². The van der Waals surface area contributed by atoms with Gasteiger partial charge in [-0.05, 0) is 38.0 Å². The summed E-state index contributed by atoms with van der Waals surface area (Å²) in [6.45, 7) is 4.96. The number of aliphatic carboxylic acids is 1. The van der Waals surface area contributed by atoms with Gasteiger partial charge in [0.25, 0.3) is 0 Å². The Morgan fingerprint density at radius 3 is 2.38 bits per heavy atom. The van der Waals surface area contributed by atoms with Gasteiger partial charge in [0.15, 0.2) is 0 Å². The molecule has 2 unspecified atom stereocenters. The number of benzene rings is 2. The monoisotopic (exact) mass is 375 g/mol. The zero-order valence-electron chi connectivity index (χ0n) is 15.0. The van der Waals surface area contributed by atoms with Crippen molar-refractivity contribution in [3.8, 4) is 11.1 Å². The van der Waals surface area contributed by atoms with Crippen LogP contribution in [0.15, 0.2) is 48.5 Å².